The van der Waals surface area contributed by atoms with Crippen molar-refractivity contribution >= 4 is 28.5 Å². The molecule has 6 nitrogen and oxygen atoms in total. The molecule has 7 heteroatoms. The standard InChI is InChI=1S/C20H16N4O2S/c1-2-18-23-24-20(27-18)22-19(25)15(13-21)11-14-7-6-10-17(12-14)26-16-8-4-3-5-9-16/h3-12H,2H2,1H3,(H,22,24,25). The van der Waals surface area contributed by atoms with Crippen LogP contribution in [0.15, 0.2) is 60.2 Å². The SMILES string of the molecule is CCc1nnc(NC(=O)C(C#N)=Cc2cccc(Oc3ccccc3)c2)s1. The molecular weight excluding hydrogens is 360 g/mol. The van der Waals surface area contributed by atoms with Crippen molar-refractivity contribution in [2.45, 2.75) is 13.3 Å². The minimum absolute atomic E-state index is 0.0277. The summed E-state index contributed by atoms with van der Waals surface area (Å²) in [5, 5.41) is 21.0. The van der Waals surface area contributed by atoms with Crippen molar-refractivity contribution in [3.8, 4) is 17.6 Å². The van der Waals surface area contributed by atoms with Gasteiger partial charge in [0.25, 0.3) is 5.91 Å². The molecule has 27 heavy (non-hydrogen) atoms. The number of amides is 1. The number of hydrogen-bond donors (Lipinski definition) is 1. The lowest BCUT2D eigenvalue weighted by Gasteiger charge is -2.06. The summed E-state index contributed by atoms with van der Waals surface area (Å²) in [5.41, 5.74) is 0.654. The molecule has 1 aromatic heterocycles. The first-order valence-corrected chi connectivity index (χ1v) is 9.08. The number of carbonyl (C=O) groups is 1. The first-order valence-electron chi connectivity index (χ1n) is 8.26. The number of aromatic nitrogens is 2. The molecule has 0 fully saturated rings. The first-order chi connectivity index (χ1) is 13.2. The normalized spacial score (nSPS) is 10.9. The Morgan fingerprint density at radius 2 is 1.96 bits per heavy atom. The average Bonchev–Trinajstić information content (AvgIpc) is 3.14. The molecule has 0 aliphatic heterocycles. The Morgan fingerprint density at radius 3 is 2.67 bits per heavy atom. The van der Waals surface area contributed by atoms with Gasteiger partial charge in [0.15, 0.2) is 0 Å². The lowest BCUT2D eigenvalue weighted by molar-refractivity contribution is -0.112. The van der Waals surface area contributed by atoms with E-state index in [9.17, 15) is 10.1 Å². The van der Waals surface area contributed by atoms with Gasteiger partial charge in [0.05, 0.1) is 0 Å². The molecule has 0 radical (unpaired) electrons. The number of nitriles is 1. The van der Waals surface area contributed by atoms with E-state index in [0.717, 1.165) is 11.4 Å². The third-order valence-corrected chi connectivity index (χ3v) is 4.49. The van der Waals surface area contributed by atoms with E-state index in [4.69, 9.17) is 4.74 Å². The Hall–Kier alpha value is -3.50. The van der Waals surface area contributed by atoms with Crippen LogP contribution in [-0.4, -0.2) is 16.1 Å². The van der Waals surface area contributed by atoms with Crippen molar-refractivity contribution in [1.29, 1.82) is 5.26 Å². The summed E-state index contributed by atoms with van der Waals surface area (Å²) < 4.78 is 5.78. The van der Waals surface area contributed by atoms with Crippen LogP contribution in [0.3, 0.4) is 0 Å². The monoisotopic (exact) mass is 376 g/mol. The van der Waals surface area contributed by atoms with E-state index in [2.05, 4.69) is 15.5 Å². The fourth-order valence-corrected chi connectivity index (χ4v) is 2.89. The number of carbonyl (C=O) groups excluding carboxylic acids is 1. The van der Waals surface area contributed by atoms with E-state index in [-0.39, 0.29) is 5.57 Å². The highest BCUT2D eigenvalue weighted by atomic mass is 32.1. The molecule has 3 rings (SSSR count). The lowest BCUT2D eigenvalue weighted by Crippen LogP contribution is -2.13. The number of ether oxygens (including phenoxy) is 1. The van der Waals surface area contributed by atoms with E-state index in [1.54, 1.807) is 18.2 Å². The molecule has 0 saturated heterocycles. The lowest BCUT2D eigenvalue weighted by atomic mass is 10.1. The maximum absolute atomic E-state index is 12.3. The summed E-state index contributed by atoms with van der Waals surface area (Å²) in [7, 11) is 0. The number of anilines is 1. The number of benzene rings is 2. The molecular formula is C20H16N4O2S. The van der Waals surface area contributed by atoms with Gasteiger partial charge in [-0.2, -0.15) is 5.26 Å². The minimum Gasteiger partial charge on any atom is -0.457 e. The number of rotatable bonds is 6. The number of para-hydroxylation sites is 1. The molecule has 0 atom stereocenters. The van der Waals surface area contributed by atoms with Gasteiger partial charge in [-0.05, 0) is 42.3 Å². The Labute approximate surface area is 160 Å². The molecule has 134 valence electrons. The van der Waals surface area contributed by atoms with E-state index in [0.29, 0.717) is 22.2 Å². The highest BCUT2D eigenvalue weighted by Crippen LogP contribution is 2.23. The molecule has 0 bridgehead atoms. The van der Waals surface area contributed by atoms with Crippen LogP contribution in [0.2, 0.25) is 0 Å². The van der Waals surface area contributed by atoms with Gasteiger partial charge in [0.1, 0.15) is 28.1 Å². The third kappa shape index (κ3) is 5.00. The highest BCUT2D eigenvalue weighted by Gasteiger charge is 2.12. The zero-order valence-corrected chi connectivity index (χ0v) is 15.4. The fourth-order valence-electron chi connectivity index (χ4n) is 2.22. The Kier molecular flexibility index (Phi) is 5.92. The summed E-state index contributed by atoms with van der Waals surface area (Å²) in [5.74, 6) is 0.801. The maximum Gasteiger partial charge on any atom is 0.268 e. The molecule has 1 heterocycles. The molecule has 1 amide bonds. The van der Waals surface area contributed by atoms with Crippen molar-refractivity contribution < 1.29 is 9.53 Å². The van der Waals surface area contributed by atoms with Gasteiger partial charge in [0.2, 0.25) is 5.13 Å². The van der Waals surface area contributed by atoms with Crippen LogP contribution in [0.1, 0.15) is 17.5 Å². The number of nitrogens with one attached hydrogen (secondary N) is 1. The smallest absolute Gasteiger partial charge is 0.268 e. The van der Waals surface area contributed by atoms with Crippen molar-refractivity contribution in [1.82, 2.24) is 10.2 Å². The van der Waals surface area contributed by atoms with Crippen LogP contribution in [0.25, 0.3) is 6.08 Å². The third-order valence-electron chi connectivity index (χ3n) is 3.50. The van der Waals surface area contributed by atoms with Crippen LogP contribution in [0, 0.1) is 11.3 Å². The Morgan fingerprint density at radius 1 is 1.19 bits per heavy atom. The maximum atomic E-state index is 12.3. The number of aryl methyl sites for hydroxylation is 1. The van der Waals surface area contributed by atoms with Crippen molar-refractivity contribution in [3.63, 3.8) is 0 Å². The molecule has 0 spiro atoms. The summed E-state index contributed by atoms with van der Waals surface area (Å²) in [6, 6.07) is 18.5. The minimum atomic E-state index is -0.523. The Bertz CT molecular complexity index is 1010. The van der Waals surface area contributed by atoms with Crippen LogP contribution >= 0.6 is 11.3 Å². The summed E-state index contributed by atoms with van der Waals surface area (Å²) in [4.78, 5) is 12.3. The van der Waals surface area contributed by atoms with Gasteiger partial charge in [0, 0.05) is 0 Å². The molecule has 2 aromatic carbocycles. The van der Waals surface area contributed by atoms with Gasteiger partial charge >= 0.3 is 0 Å². The second-order valence-corrected chi connectivity index (χ2v) is 6.53. The Balaban J connectivity index is 1.75. The summed E-state index contributed by atoms with van der Waals surface area (Å²) >= 11 is 1.29. The van der Waals surface area contributed by atoms with Crippen LogP contribution < -0.4 is 10.1 Å². The average molecular weight is 376 g/mol. The van der Waals surface area contributed by atoms with Crippen molar-refractivity contribution in [2.24, 2.45) is 0 Å². The molecule has 1 N–H and O–H groups in total. The summed E-state index contributed by atoms with van der Waals surface area (Å²) in [6.07, 6.45) is 2.25. The van der Waals surface area contributed by atoms with Gasteiger partial charge in [-0.25, -0.2) is 0 Å². The zero-order chi connectivity index (χ0) is 19.1. The fraction of sp³-hybridized carbons (Fsp3) is 0.100. The molecule has 0 unspecified atom stereocenters. The first kappa shape index (κ1) is 18.3. The van der Waals surface area contributed by atoms with E-state index < -0.39 is 5.91 Å². The topological polar surface area (TPSA) is 87.9 Å². The molecule has 0 aliphatic carbocycles. The molecule has 0 saturated carbocycles. The van der Waals surface area contributed by atoms with Crippen LogP contribution in [0.4, 0.5) is 5.13 Å². The van der Waals surface area contributed by atoms with Crippen LogP contribution in [0.5, 0.6) is 11.5 Å². The predicted octanol–water partition coefficient (Wildman–Crippen LogP) is 4.44. The van der Waals surface area contributed by atoms with Crippen LogP contribution in [-0.2, 0) is 11.2 Å². The van der Waals surface area contributed by atoms with Gasteiger partial charge < -0.3 is 4.74 Å². The van der Waals surface area contributed by atoms with Crippen molar-refractivity contribution in [2.75, 3.05) is 5.32 Å². The second kappa shape index (κ2) is 8.74. The number of hydrogen-bond acceptors (Lipinski definition) is 6. The second-order valence-electron chi connectivity index (χ2n) is 5.47. The van der Waals surface area contributed by atoms with E-state index in [1.807, 2.05) is 49.4 Å². The highest BCUT2D eigenvalue weighted by molar-refractivity contribution is 7.15. The molecule has 3 aromatic rings. The summed E-state index contributed by atoms with van der Waals surface area (Å²) in [6.45, 7) is 1.96. The molecule has 0 aliphatic rings. The van der Waals surface area contributed by atoms with Gasteiger partial charge in [-0.15, -0.1) is 10.2 Å². The van der Waals surface area contributed by atoms with E-state index in [1.165, 1.54) is 17.4 Å². The quantitative estimate of drug-likeness (QED) is 0.508. The van der Waals surface area contributed by atoms with Gasteiger partial charge in [-0.3, -0.25) is 10.1 Å². The predicted molar refractivity (Wildman–Crippen MR) is 104 cm³/mol. The van der Waals surface area contributed by atoms with E-state index >= 15 is 0 Å². The zero-order valence-electron chi connectivity index (χ0n) is 14.5. The number of nitrogens with zero attached hydrogens (tertiary/aromatic N) is 3. The van der Waals surface area contributed by atoms with Gasteiger partial charge in [-0.1, -0.05) is 48.6 Å². The van der Waals surface area contributed by atoms with Crippen molar-refractivity contribution in [3.05, 3.63) is 70.7 Å². The largest absolute Gasteiger partial charge is 0.457 e.